The molecular formula is C17H26N2O2S. The maximum absolute atomic E-state index is 11.6. The number of hydrogen-bond acceptors (Lipinski definition) is 4. The van der Waals surface area contributed by atoms with Crippen LogP contribution in [0.5, 0.6) is 0 Å². The van der Waals surface area contributed by atoms with Gasteiger partial charge in [-0.2, -0.15) is 0 Å². The van der Waals surface area contributed by atoms with Crippen molar-refractivity contribution in [3.63, 3.8) is 0 Å². The molecule has 0 amide bonds. The van der Waals surface area contributed by atoms with Crippen molar-refractivity contribution < 1.29 is 8.42 Å². The minimum atomic E-state index is -2.80. The lowest BCUT2D eigenvalue weighted by Gasteiger charge is -2.33. The molecule has 0 atom stereocenters. The molecule has 1 aromatic carbocycles. The quantitative estimate of drug-likeness (QED) is 0.851. The number of sulfone groups is 1. The van der Waals surface area contributed by atoms with Crippen molar-refractivity contribution in [2.45, 2.75) is 38.5 Å². The number of benzene rings is 1. The Bertz CT molecular complexity index is 620. The van der Waals surface area contributed by atoms with Gasteiger partial charge in [-0.1, -0.05) is 13.0 Å². The number of nitrogens with two attached hydrogens (primary N) is 1. The lowest BCUT2D eigenvalue weighted by atomic mass is 9.92. The van der Waals surface area contributed by atoms with Gasteiger partial charge >= 0.3 is 0 Å². The fraction of sp³-hybridized carbons (Fsp3) is 0.647. The Labute approximate surface area is 133 Å². The van der Waals surface area contributed by atoms with Gasteiger partial charge < -0.3 is 10.6 Å². The fourth-order valence-corrected chi connectivity index (χ4v) is 5.05. The normalized spacial score (nSPS) is 23.6. The van der Waals surface area contributed by atoms with Gasteiger partial charge in [0.25, 0.3) is 0 Å². The highest BCUT2D eigenvalue weighted by atomic mass is 32.2. The summed E-state index contributed by atoms with van der Waals surface area (Å²) in [4.78, 5) is 2.39. The van der Waals surface area contributed by atoms with Crippen LogP contribution in [-0.4, -0.2) is 33.0 Å². The van der Waals surface area contributed by atoms with E-state index >= 15 is 0 Å². The van der Waals surface area contributed by atoms with Crippen molar-refractivity contribution in [3.8, 4) is 0 Å². The van der Waals surface area contributed by atoms with Crippen molar-refractivity contribution in [3.05, 3.63) is 23.8 Å². The molecule has 0 spiro atoms. The number of rotatable bonds is 2. The van der Waals surface area contributed by atoms with Gasteiger partial charge in [0.2, 0.25) is 0 Å². The van der Waals surface area contributed by atoms with Crippen LogP contribution in [0.15, 0.2) is 18.2 Å². The van der Waals surface area contributed by atoms with Crippen molar-refractivity contribution in [2.24, 2.45) is 5.92 Å². The topological polar surface area (TPSA) is 63.4 Å². The molecule has 4 nitrogen and oxygen atoms in total. The SMILES string of the molecule is CC1CCN(c2cc(C3CCS(=O)(=O)CC3)ccc2N)CC1. The Kier molecular flexibility index (Phi) is 4.35. The summed E-state index contributed by atoms with van der Waals surface area (Å²) in [5, 5.41) is 0. The van der Waals surface area contributed by atoms with Crippen LogP contribution in [0.1, 0.15) is 44.1 Å². The van der Waals surface area contributed by atoms with Crippen LogP contribution in [0.2, 0.25) is 0 Å². The van der Waals surface area contributed by atoms with E-state index in [1.54, 1.807) is 0 Å². The summed E-state index contributed by atoms with van der Waals surface area (Å²) in [7, 11) is -2.80. The number of anilines is 2. The zero-order valence-electron chi connectivity index (χ0n) is 13.3. The van der Waals surface area contributed by atoms with Crippen molar-refractivity contribution in [1.82, 2.24) is 0 Å². The first-order valence-electron chi connectivity index (χ1n) is 8.29. The molecule has 1 aromatic rings. The largest absolute Gasteiger partial charge is 0.397 e. The van der Waals surface area contributed by atoms with Gasteiger partial charge in [0.05, 0.1) is 22.9 Å². The average Bonchev–Trinajstić information content (AvgIpc) is 2.49. The van der Waals surface area contributed by atoms with Gasteiger partial charge in [-0.05, 0) is 55.2 Å². The number of nitrogen functional groups attached to an aromatic ring is 1. The summed E-state index contributed by atoms with van der Waals surface area (Å²) in [6, 6.07) is 6.27. The predicted octanol–water partition coefficient (Wildman–Crippen LogP) is 2.80. The van der Waals surface area contributed by atoms with E-state index in [9.17, 15) is 8.42 Å². The summed E-state index contributed by atoms with van der Waals surface area (Å²) < 4.78 is 23.2. The first-order valence-corrected chi connectivity index (χ1v) is 10.1. The zero-order valence-corrected chi connectivity index (χ0v) is 14.1. The molecule has 2 fully saturated rings. The highest BCUT2D eigenvalue weighted by molar-refractivity contribution is 7.91. The molecule has 0 aliphatic carbocycles. The molecule has 2 saturated heterocycles. The smallest absolute Gasteiger partial charge is 0.150 e. The molecule has 5 heteroatoms. The Hall–Kier alpha value is -1.23. The molecule has 0 unspecified atom stereocenters. The van der Waals surface area contributed by atoms with E-state index < -0.39 is 9.84 Å². The summed E-state index contributed by atoms with van der Waals surface area (Å²) in [5.41, 5.74) is 9.41. The third-order valence-electron chi connectivity index (χ3n) is 5.20. The molecule has 2 N–H and O–H groups in total. The average molecular weight is 322 g/mol. The molecule has 0 saturated carbocycles. The Morgan fingerprint density at radius 1 is 1.09 bits per heavy atom. The molecule has 0 bridgehead atoms. The summed E-state index contributed by atoms with van der Waals surface area (Å²) >= 11 is 0. The molecule has 2 heterocycles. The first kappa shape index (κ1) is 15.7. The first-order chi connectivity index (χ1) is 10.4. The number of hydrogen-bond donors (Lipinski definition) is 1. The second kappa shape index (κ2) is 6.11. The van der Waals surface area contributed by atoms with Crippen LogP contribution >= 0.6 is 0 Å². The summed E-state index contributed by atoms with van der Waals surface area (Å²) in [6.07, 6.45) is 3.90. The monoisotopic (exact) mass is 322 g/mol. The van der Waals surface area contributed by atoms with Crippen LogP contribution in [-0.2, 0) is 9.84 Å². The Morgan fingerprint density at radius 3 is 2.36 bits per heavy atom. The highest BCUT2D eigenvalue weighted by Gasteiger charge is 2.26. The van der Waals surface area contributed by atoms with Gasteiger partial charge in [0, 0.05) is 13.1 Å². The third-order valence-corrected chi connectivity index (χ3v) is 6.92. The van der Waals surface area contributed by atoms with E-state index in [-0.39, 0.29) is 0 Å². The lowest BCUT2D eigenvalue weighted by molar-refractivity contribution is 0.438. The minimum Gasteiger partial charge on any atom is -0.397 e. The minimum absolute atomic E-state index is 0.318. The summed E-state index contributed by atoms with van der Waals surface area (Å²) in [5.74, 6) is 1.79. The number of nitrogens with zero attached hydrogens (tertiary/aromatic N) is 1. The van der Waals surface area contributed by atoms with E-state index in [0.29, 0.717) is 17.4 Å². The maximum Gasteiger partial charge on any atom is 0.150 e. The van der Waals surface area contributed by atoms with Gasteiger partial charge in [-0.3, -0.25) is 0 Å². The van der Waals surface area contributed by atoms with Crippen LogP contribution in [0, 0.1) is 5.92 Å². The van der Waals surface area contributed by atoms with E-state index in [4.69, 9.17) is 5.73 Å². The summed E-state index contributed by atoms with van der Waals surface area (Å²) in [6.45, 7) is 4.43. The highest BCUT2D eigenvalue weighted by Crippen LogP contribution is 2.35. The standard InChI is InChI=1S/C17H26N2O2S/c1-13-4-8-19(9-5-13)17-12-15(2-3-16(17)18)14-6-10-22(20,21)11-7-14/h2-3,12-14H,4-11,18H2,1H3. The fourth-order valence-electron chi connectivity index (χ4n) is 3.56. The molecule has 3 rings (SSSR count). The Balaban J connectivity index is 1.78. The van der Waals surface area contributed by atoms with Gasteiger partial charge in [-0.25, -0.2) is 8.42 Å². The predicted molar refractivity (Wildman–Crippen MR) is 92.1 cm³/mol. The number of piperidine rings is 1. The van der Waals surface area contributed by atoms with Gasteiger partial charge in [-0.15, -0.1) is 0 Å². The second-order valence-corrected chi connectivity index (χ2v) is 9.22. The second-order valence-electron chi connectivity index (χ2n) is 6.91. The van der Waals surface area contributed by atoms with Crippen molar-refractivity contribution in [1.29, 1.82) is 0 Å². The Morgan fingerprint density at radius 2 is 1.73 bits per heavy atom. The molecule has 2 aliphatic rings. The molecule has 2 aliphatic heterocycles. The van der Waals surface area contributed by atoms with Crippen molar-refractivity contribution >= 4 is 21.2 Å². The van der Waals surface area contributed by atoms with E-state index in [0.717, 1.165) is 43.2 Å². The van der Waals surface area contributed by atoms with E-state index in [2.05, 4.69) is 24.0 Å². The zero-order chi connectivity index (χ0) is 15.7. The third kappa shape index (κ3) is 3.40. The molecule has 22 heavy (non-hydrogen) atoms. The van der Waals surface area contributed by atoms with Crippen LogP contribution in [0.3, 0.4) is 0 Å². The molecule has 122 valence electrons. The van der Waals surface area contributed by atoms with Crippen LogP contribution in [0.4, 0.5) is 11.4 Å². The van der Waals surface area contributed by atoms with Crippen LogP contribution < -0.4 is 10.6 Å². The van der Waals surface area contributed by atoms with E-state index in [1.165, 1.54) is 18.4 Å². The molecular weight excluding hydrogens is 296 g/mol. The van der Waals surface area contributed by atoms with Crippen molar-refractivity contribution in [2.75, 3.05) is 35.2 Å². The maximum atomic E-state index is 11.6. The molecule has 0 aromatic heterocycles. The lowest BCUT2D eigenvalue weighted by Crippen LogP contribution is -2.33. The van der Waals surface area contributed by atoms with Gasteiger partial charge in [0.1, 0.15) is 9.84 Å². The van der Waals surface area contributed by atoms with Crippen LogP contribution in [0.25, 0.3) is 0 Å². The van der Waals surface area contributed by atoms with E-state index in [1.807, 2.05) is 6.07 Å². The van der Waals surface area contributed by atoms with Gasteiger partial charge in [0.15, 0.2) is 0 Å². The molecule has 0 radical (unpaired) electrons.